The van der Waals surface area contributed by atoms with Gasteiger partial charge >= 0.3 is 0 Å². The summed E-state index contributed by atoms with van der Waals surface area (Å²) in [4.78, 5) is 14.3. The van der Waals surface area contributed by atoms with Gasteiger partial charge in [0.05, 0.1) is 0 Å². The van der Waals surface area contributed by atoms with E-state index in [1.165, 1.54) is 0 Å². The minimum absolute atomic E-state index is 0.139. The maximum Gasteiger partial charge on any atom is 0.226 e. The lowest BCUT2D eigenvalue weighted by molar-refractivity contribution is -0.133. The van der Waals surface area contributed by atoms with Crippen LogP contribution in [-0.2, 0) is 4.79 Å². The van der Waals surface area contributed by atoms with Crippen LogP contribution in [0.1, 0.15) is 41.0 Å². The number of hydrogen-bond donors (Lipinski definition) is 1. The van der Waals surface area contributed by atoms with Crippen LogP contribution in [0.4, 0.5) is 0 Å². The van der Waals surface area contributed by atoms with Crippen molar-refractivity contribution in [3.05, 3.63) is 0 Å². The molecule has 1 aliphatic rings. The van der Waals surface area contributed by atoms with E-state index in [1.54, 1.807) is 0 Å². The third-order valence-electron chi connectivity index (χ3n) is 4.59. The summed E-state index contributed by atoms with van der Waals surface area (Å²) in [6.07, 6.45) is 0.896. The van der Waals surface area contributed by atoms with Crippen LogP contribution in [0.3, 0.4) is 0 Å². The molecule has 0 aromatic carbocycles. The maximum absolute atomic E-state index is 12.4. The number of amides is 1. The molecule has 0 aromatic rings. The van der Waals surface area contributed by atoms with Gasteiger partial charge in [-0.15, -0.1) is 0 Å². The molecule has 0 bridgehead atoms. The summed E-state index contributed by atoms with van der Waals surface area (Å²) in [6, 6.07) is 0. The normalized spacial score (nSPS) is 21.9. The molecule has 94 valence electrons. The van der Waals surface area contributed by atoms with Crippen molar-refractivity contribution in [3.8, 4) is 0 Å². The number of nitrogens with two attached hydrogens (primary N) is 1. The van der Waals surface area contributed by atoms with Crippen molar-refractivity contribution in [2.45, 2.75) is 41.0 Å². The molecule has 16 heavy (non-hydrogen) atoms. The van der Waals surface area contributed by atoms with E-state index in [9.17, 15) is 4.79 Å². The minimum Gasteiger partial charge on any atom is -0.343 e. The molecule has 1 amide bonds. The Morgan fingerprint density at radius 3 is 2.06 bits per heavy atom. The molecule has 0 unspecified atom stereocenters. The smallest absolute Gasteiger partial charge is 0.226 e. The van der Waals surface area contributed by atoms with E-state index in [4.69, 9.17) is 5.73 Å². The Balaban J connectivity index is 2.64. The monoisotopic (exact) mass is 226 g/mol. The number of hydrogen-bond acceptors (Lipinski definition) is 2. The molecule has 1 rings (SSSR count). The van der Waals surface area contributed by atoms with Crippen molar-refractivity contribution in [1.82, 2.24) is 4.90 Å². The van der Waals surface area contributed by atoms with E-state index in [0.29, 0.717) is 12.5 Å². The molecule has 0 spiro atoms. The molecule has 1 aliphatic carbocycles. The van der Waals surface area contributed by atoms with Crippen LogP contribution in [0.5, 0.6) is 0 Å². The van der Waals surface area contributed by atoms with Crippen molar-refractivity contribution >= 4 is 5.91 Å². The Kier molecular flexibility index (Phi) is 3.68. The molecule has 0 heterocycles. The van der Waals surface area contributed by atoms with Gasteiger partial charge in [-0.05, 0) is 30.7 Å². The molecule has 2 N–H and O–H groups in total. The summed E-state index contributed by atoms with van der Waals surface area (Å²) in [5, 5.41) is 0. The summed E-state index contributed by atoms with van der Waals surface area (Å²) >= 11 is 0. The molecule has 3 nitrogen and oxygen atoms in total. The molecular formula is C13H26N2O. The first-order valence-corrected chi connectivity index (χ1v) is 6.29. The summed E-state index contributed by atoms with van der Waals surface area (Å²) in [7, 11) is 0. The van der Waals surface area contributed by atoms with Gasteiger partial charge in [0, 0.05) is 19.0 Å². The largest absolute Gasteiger partial charge is 0.343 e. The predicted octanol–water partition coefficient (Wildman–Crippen LogP) is 1.87. The van der Waals surface area contributed by atoms with Crippen molar-refractivity contribution in [1.29, 1.82) is 0 Å². The summed E-state index contributed by atoms with van der Waals surface area (Å²) < 4.78 is 0. The zero-order valence-corrected chi connectivity index (χ0v) is 11.3. The summed E-state index contributed by atoms with van der Waals surface area (Å²) in [5.74, 6) is 0.490. The number of carbonyl (C=O) groups excluding carboxylic acids is 1. The second-order valence-corrected chi connectivity index (χ2v) is 5.94. The molecule has 0 atom stereocenters. The van der Waals surface area contributed by atoms with Crippen molar-refractivity contribution in [3.63, 3.8) is 0 Å². The number of nitrogens with zero attached hydrogens (tertiary/aromatic N) is 1. The average Bonchev–Trinajstić information content (AvgIpc) is 2.58. The van der Waals surface area contributed by atoms with E-state index in [-0.39, 0.29) is 16.7 Å². The standard InChI is InChI=1S/C13H26N2O/c1-6-15(9-7-8-14)11(16)10-12(2,3)13(10,4)5/h10H,6-9,14H2,1-5H3. The van der Waals surface area contributed by atoms with Gasteiger partial charge in [-0.2, -0.15) is 0 Å². The second-order valence-electron chi connectivity index (χ2n) is 5.94. The van der Waals surface area contributed by atoms with Gasteiger partial charge in [-0.25, -0.2) is 0 Å². The topological polar surface area (TPSA) is 46.3 Å². The first kappa shape index (κ1) is 13.5. The van der Waals surface area contributed by atoms with Crippen LogP contribution in [0.2, 0.25) is 0 Å². The predicted molar refractivity (Wildman–Crippen MR) is 67.0 cm³/mol. The highest BCUT2D eigenvalue weighted by Crippen LogP contribution is 2.68. The lowest BCUT2D eigenvalue weighted by Gasteiger charge is -2.21. The summed E-state index contributed by atoms with van der Waals surface area (Å²) in [5.41, 5.74) is 5.77. The zero-order valence-electron chi connectivity index (χ0n) is 11.3. The Hall–Kier alpha value is -0.570. The highest BCUT2D eigenvalue weighted by atomic mass is 16.2. The van der Waals surface area contributed by atoms with Crippen LogP contribution in [0, 0.1) is 16.7 Å². The Morgan fingerprint density at radius 1 is 1.25 bits per heavy atom. The Morgan fingerprint density at radius 2 is 1.75 bits per heavy atom. The fourth-order valence-electron chi connectivity index (χ4n) is 2.70. The van der Waals surface area contributed by atoms with E-state index in [0.717, 1.165) is 19.5 Å². The minimum atomic E-state index is 0.139. The quantitative estimate of drug-likeness (QED) is 0.778. The van der Waals surface area contributed by atoms with Crippen LogP contribution in [0.25, 0.3) is 0 Å². The first-order chi connectivity index (χ1) is 7.30. The van der Waals surface area contributed by atoms with Crippen molar-refractivity contribution in [2.24, 2.45) is 22.5 Å². The molecule has 0 saturated heterocycles. The number of carbonyl (C=O) groups is 1. The van der Waals surface area contributed by atoms with Crippen LogP contribution >= 0.6 is 0 Å². The molecule has 1 fully saturated rings. The molecule has 0 radical (unpaired) electrons. The van der Waals surface area contributed by atoms with Crippen LogP contribution in [0.15, 0.2) is 0 Å². The maximum atomic E-state index is 12.4. The van der Waals surface area contributed by atoms with Gasteiger partial charge in [-0.3, -0.25) is 4.79 Å². The van der Waals surface area contributed by atoms with Gasteiger partial charge < -0.3 is 10.6 Å². The molecular weight excluding hydrogens is 200 g/mol. The lowest BCUT2D eigenvalue weighted by Crippen LogP contribution is -2.35. The van der Waals surface area contributed by atoms with E-state index in [1.807, 2.05) is 11.8 Å². The fourth-order valence-corrected chi connectivity index (χ4v) is 2.70. The van der Waals surface area contributed by atoms with Crippen molar-refractivity contribution in [2.75, 3.05) is 19.6 Å². The lowest BCUT2D eigenvalue weighted by atomic mass is 10.0. The highest BCUT2D eigenvalue weighted by Gasteiger charge is 2.68. The van der Waals surface area contributed by atoms with E-state index < -0.39 is 0 Å². The third-order valence-corrected chi connectivity index (χ3v) is 4.59. The van der Waals surface area contributed by atoms with E-state index in [2.05, 4.69) is 27.7 Å². The fraction of sp³-hybridized carbons (Fsp3) is 0.923. The SMILES string of the molecule is CCN(CCCN)C(=O)C1C(C)(C)C1(C)C. The van der Waals surface area contributed by atoms with Crippen LogP contribution < -0.4 is 5.73 Å². The summed E-state index contributed by atoms with van der Waals surface area (Å²) in [6.45, 7) is 13.0. The van der Waals surface area contributed by atoms with Crippen LogP contribution in [-0.4, -0.2) is 30.4 Å². The molecule has 0 aliphatic heterocycles. The Bertz CT molecular complexity index is 257. The molecule has 3 heteroatoms. The average molecular weight is 226 g/mol. The van der Waals surface area contributed by atoms with Gasteiger partial charge in [-0.1, -0.05) is 27.7 Å². The van der Waals surface area contributed by atoms with Gasteiger partial charge in [0.1, 0.15) is 0 Å². The van der Waals surface area contributed by atoms with E-state index >= 15 is 0 Å². The molecule has 1 saturated carbocycles. The van der Waals surface area contributed by atoms with Gasteiger partial charge in [0.25, 0.3) is 0 Å². The Labute approximate surface area is 99.4 Å². The highest BCUT2D eigenvalue weighted by molar-refractivity contribution is 5.84. The van der Waals surface area contributed by atoms with Crippen molar-refractivity contribution < 1.29 is 4.79 Å². The second kappa shape index (κ2) is 4.36. The molecule has 0 aromatic heterocycles. The zero-order chi connectivity index (χ0) is 12.6. The first-order valence-electron chi connectivity index (χ1n) is 6.29. The number of rotatable bonds is 5. The third kappa shape index (κ3) is 1.97. The van der Waals surface area contributed by atoms with Gasteiger partial charge in [0.15, 0.2) is 0 Å². The van der Waals surface area contributed by atoms with Gasteiger partial charge in [0.2, 0.25) is 5.91 Å².